The monoisotopic (exact) mass is 470 g/mol. The van der Waals surface area contributed by atoms with Crippen molar-refractivity contribution in [2.45, 2.75) is 0 Å². The molecule has 0 aliphatic heterocycles. The molecule has 0 saturated carbocycles. The molecule has 0 spiro atoms. The molecule has 8 rings (SSSR count). The van der Waals surface area contributed by atoms with E-state index in [-0.39, 0.29) is 0 Å². The van der Waals surface area contributed by atoms with E-state index in [0.29, 0.717) is 0 Å². The Balaban J connectivity index is 1.32. The third-order valence-corrected chi connectivity index (χ3v) is 7.60. The molecule has 2 nitrogen and oxygen atoms in total. The third kappa shape index (κ3) is 3.03. The van der Waals surface area contributed by atoms with E-state index >= 15 is 0 Å². The quantitative estimate of drug-likeness (QED) is 0.230. The van der Waals surface area contributed by atoms with Gasteiger partial charge in [0.2, 0.25) is 0 Å². The first-order valence-corrected chi connectivity index (χ1v) is 12.6. The lowest BCUT2D eigenvalue weighted by Gasteiger charge is -2.11. The van der Waals surface area contributed by atoms with Gasteiger partial charge in [0.15, 0.2) is 0 Å². The molecule has 2 heteroatoms. The number of imidazole rings is 1. The van der Waals surface area contributed by atoms with Crippen molar-refractivity contribution in [2.24, 2.45) is 0 Å². The van der Waals surface area contributed by atoms with Crippen LogP contribution in [0.5, 0.6) is 0 Å². The van der Waals surface area contributed by atoms with Gasteiger partial charge in [0, 0.05) is 17.0 Å². The van der Waals surface area contributed by atoms with E-state index in [4.69, 9.17) is 4.98 Å². The van der Waals surface area contributed by atoms with E-state index < -0.39 is 0 Å². The van der Waals surface area contributed by atoms with E-state index in [2.05, 4.69) is 132 Å². The number of nitrogens with zero attached hydrogens (tertiary/aromatic N) is 2. The molecular weight excluding hydrogens is 448 g/mol. The zero-order valence-electron chi connectivity index (χ0n) is 20.1. The fourth-order valence-electron chi connectivity index (χ4n) is 5.84. The summed E-state index contributed by atoms with van der Waals surface area (Å²) in [5.41, 5.74) is 8.14. The minimum absolute atomic E-state index is 0.975. The molecule has 6 aromatic carbocycles. The van der Waals surface area contributed by atoms with Gasteiger partial charge in [-0.25, -0.2) is 4.98 Å². The minimum Gasteiger partial charge on any atom is -0.299 e. The summed E-state index contributed by atoms with van der Waals surface area (Å²) >= 11 is 0. The maximum Gasteiger partial charge on any atom is 0.137 e. The first-order chi connectivity index (χ1) is 18.3. The Morgan fingerprint density at radius 2 is 1.16 bits per heavy atom. The Labute approximate surface area is 214 Å². The van der Waals surface area contributed by atoms with Gasteiger partial charge in [-0.1, -0.05) is 109 Å². The number of rotatable bonds is 2. The molecule has 0 N–H and O–H groups in total. The normalized spacial score (nSPS) is 11.8. The van der Waals surface area contributed by atoms with Crippen molar-refractivity contribution in [1.29, 1.82) is 0 Å². The lowest BCUT2D eigenvalue weighted by molar-refractivity contribution is 1.23. The standard InChI is InChI=1S/C35H22N2/c1-2-10-27-24(8-1)9-7-13-28(27)25-17-15-23(16-18-25)26-19-20-31-32(22-26)29-11-3-4-12-30(29)34-35(31)37-21-6-5-14-33(37)36-34/h1-22H. The molecule has 0 saturated heterocycles. The topological polar surface area (TPSA) is 17.3 Å². The molecule has 0 radical (unpaired) electrons. The highest BCUT2D eigenvalue weighted by molar-refractivity contribution is 6.24. The summed E-state index contributed by atoms with van der Waals surface area (Å²) in [7, 11) is 0. The van der Waals surface area contributed by atoms with Gasteiger partial charge in [0.1, 0.15) is 5.65 Å². The van der Waals surface area contributed by atoms with Crippen LogP contribution in [-0.2, 0) is 0 Å². The number of pyridine rings is 1. The third-order valence-electron chi connectivity index (χ3n) is 7.60. The maximum absolute atomic E-state index is 5.00. The summed E-state index contributed by atoms with van der Waals surface area (Å²) < 4.78 is 2.21. The Morgan fingerprint density at radius 3 is 2.05 bits per heavy atom. The van der Waals surface area contributed by atoms with Gasteiger partial charge in [0.05, 0.1) is 11.0 Å². The molecule has 0 bridgehead atoms. The first-order valence-electron chi connectivity index (χ1n) is 12.6. The number of aromatic nitrogens is 2. The van der Waals surface area contributed by atoms with Crippen LogP contribution in [0.15, 0.2) is 134 Å². The second kappa shape index (κ2) is 7.78. The number of hydrogen-bond donors (Lipinski definition) is 0. The van der Waals surface area contributed by atoms with Crippen molar-refractivity contribution < 1.29 is 0 Å². The van der Waals surface area contributed by atoms with Gasteiger partial charge in [-0.05, 0) is 62.0 Å². The highest BCUT2D eigenvalue weighted by Crippen LogP contribution is 2.38. The molecule has 172 valence electrons. The highest BCUT2D eigenvalue weighted by Gasteiger charge is 2.15. The van der Waals surface area contributed by atoms with Crippen LogP contribution in [0.2, 0.25) is 0 Å². The van der Waals surface area contributed by atoms with Crippen LogP contribution in [-0.4, -0.2) is 9.38 Å². The second-order valence-electron chi connectivity index (χ2n) is 9.65. The largest absolute Gasteiger partial charge is 0.299 e. The second-order valence-corrected chi connectivity index (χ2v) is 9.65. The maximum atomic E-state index is 5.00. The summed E-state index contributed by atoms with van der Waals surface area (Å²) in [5, 5.41) is 7.46. The van der Waals surface area contributed by atoms with E-state index in [1.807, 2.05) is 6.07 Å². The fraction of sp³-hybridized carbons (Fsp3) is 0. The van der Waals surface area contributed by atoms with E-state index in [1.54, 1.807) is 0 Å². The van der Waals surface area contributed by atoms with Crippen molar-refractivity contribution in [3.8, 4) is 22.3 Å². The Hall–Kier alpha value is -4.95. The fourth-order valence-corrected chi connectivity index (χ4v) is 5.84. The van der Waals surface area contributed by atoms with Crippen molar-refractivity contribution >= 4 is 49.0 Å². The molecule has 2 aromatic heterocycles. The van der Waals surface area contributed by atoms with Crippen molar-refractivity contribution in [1.82, 2.24) is 9.38 Å². The van der Waals surface area contributed by atoms with Gasteiger partial charge >= 0.3 is 0 Å². The van der Waals surface area contributed by atoms with Gasteiger partial charge in [-0.3, -0.25) is 4.40 Å². The van der Waals surface area contributed by atoms with Gasteiger partial charge in [-0.2, -0.15) is 0 Å². The summed E-state index contributed by atoms with van der Waals surface area (Å²) in [6.45, 7) is 0. The SMILES string of the molecule is c1ccc2c(-c3ccc(-c4ccc5c(c4)c4ccccc4c4nc6ccccn6c54)cc3)cccc2c1. The summed E-state index contributed by atoms with van der Waals surface area (Å²) in [6.07, 6.45) is 2.11. The molecule has 0 aliphatic rings. The van der Waals surface area contributed by atoms with Crippen LogP contribution in [0.25, 0.3) is 71.3 Å². The number of benzene rings is 6. The van der Waals surface area contributed by atoms with Crippen LogP contribution < -0.4 is 0 Å². The molecule has 0 unspecified atom stereocenters. The molecule has 0 fully saturated rings. The van der Waals surface area contributed by atoms with Crippen LogP contribution in [0, 0.1) is 0 Å². The van der Waals surface area contributed by atoms with Crippen molar-refractivity contribution in [2.75, 3.05) is 0 Å². The summed E-state index contributed by atoms with van der Waals surface area (Å²) in [5.74, 6) is 0. The minimum atomic E-state index is 0.975. The smallest absolute Gasteiger partial charge is 0.137 e. The van der Waals surface area contributed by atoms with Crippen molar-refractivity contribution in [3.63, 3.8) is 0 Å². The highest BCUT2D eigenvalue weighted by atomic mass is 15.0. The van der Waals surface area contributed by atoms with Gasteiger partial charge in [0.25, 0.3) is 0 Å². The Kier molecular flexibility index (Phi) is 4.26. The summed E-state index contributed by atoms with van der Waals surface area (Å²) in [6, 6.07) is 45.7. The lowest BCUT2D eigenvalue weighted by Crippen LogP contribution is -1.87. The van der Waals surface area contributed by atoms with E-state index in [0.717, 1.165) is 11.2 Å². The average molecular weight is 471 g/mol. The zero-order chi connectivity index (χ0) is 24.3. The molecule has 8 aromatic rings. The molecule has 37 heavy (non-hydrogen) atoms. The van der Waals surface area contributed by atoms with Crippen LogP contribution in [0.1, 0.15) is 0 Å². The molecule has 2 heterocycles. The average Bonchev–Trinajstić information content (AvgIpc) is 3.37. The van der Waals surface area contributed by atoms with Crippen LogP contribution in [0.4, 0.5) is 0 Å². The van der Waals surface area contributed by atoms with Gasteiger partial charge < -0.3 is 0 Å². The first kappa shape index (κ1) is 20.3. The van der Waals surface area contributed by atoms with Crippen LogP contribution >= 0.6 is 0 Å². The molecule has 0 aliphatic carbocycles. The number of hydrogen-bond acceptors (Lipinski definition) is 1. The van der Waals surface area contributed by atoms with E-state index in [1.165, 1.54) is 60.1 Å². The predicted octanol–water partition coefficient (Wildman–Crippen LogP) is 9.28. The van der Waals surface area contributed by atoms with Crippen molar-refractivity contribution in [3.05, 3.63) is 134 Å². The lowest BCUT2D eigenvalue weighted by atomic mass is 9.94. The Bertz CT molecular complexity index is 2130. The Morgan fingerprint density at radius 1 is 0.459 bits per heavy atom. The molecule has 0 amide bonds. The zero-order valence-corrected chi connectivity index (χ0v) is 20.1. The molecule has 0 atom stereocenters. The van der Waals surface area contributed by atoms with E-state index in [9.17, 15) is 0 Å². The van der Waals surface area contributed by atoms with Gasteiger partial charge in [-0.15, -0.1) is 0 Å². The molecular formula is C35H22N2. The predicted molar refractivity (Wildman–Crippen MR) is 156 cm³/mol. The summed E-state index contributed by atoms with van der Waals surface area (Å²) in [4.78, 5) is 5.00. The number of fused-ring (bicyclic) bond motifs is 9. The van der Waals surface area contributed by atoms with Crippen LogP contribution in [0.3, 0.4) is 0 Å².